The molecule has 35 heavy (non-hydrogen) atoms. The van der Waals surface area contributed by atoms with Crippen LogP contribution in [-0.4, -0.2) is 44.6 Å². The number of hydrogen-bond donors (Lipinski definition) is 1. The number of cyclic esters (lactones) is 1. The van der Waals surface area contributed by atoms with Crippen LogP contribution in [0.4, 0.5) is 0 Å². The number of carbonyl (C=O) groups excluding carboxylic acids is 4. The Morgan fingerprint density at radius 1 is 1.06 bits per heavy atom. The maximum Gasteiger partial charge on any atom is 0.337 e. The SMILES string of the molecule is C=C1CC2COC(=O)C2(Cc2ccc(C(=O)NC(C(=O)OC)c3ccc(C(=O)OC)cc3)cc2)C1. The van der Waals surface area contributed by atoms with E-state index in [1.807, 2.05) is 12.1 Å². The van der Waals surface area contributed by atoms with E-state index in [1.165, 1.54) is 26.4 Å². The molecule has 3 atom stereocenters. The molecule has 1 aliphatic heterocycles. The van der Waals surface area contributed by atoms with E-state index in [9.17, 15) is 19.2 Å². The van der Waals surface area contributed by atoms with Gasteiger partial charge in [0.2, 0.25) is 0 Å². The Balaban J connectivity index is 1.48. The molecule has 1 aliphatic carbocycles. The molecular formula is C27H27NO7. The van der Waals surface area contributed by atoms with Gasteiger partial charge in [-0.25, -0.2) is 9.59 Å². The molecule has 2 aromatic rings. The van der Waals surface area contributed by atoms with Gasteiger partial charge in [-0.15, -0.1) is 0 Å². The van der Waals surface area contributed by atoms with E-state index < -0.39 is 29.3 Å². The lowest BCUT2D eigenvalue weighted by Gasteiger charge is -2.24. The molecule has 1 amide bonds. The first-order chi connectivity index (χ1) is 16.8. The number of hydrogen-bond acceptors (Lipinski definition) is 7. The molecule has 0 spiro atoms. The van der Waals surface area contributed by atoms with Crippen molar-refractivity contribution in [1.82, 2.24) is 5.32 Å². The molecule has 0 aromatic heterocycles. The first-order valence-electron chi connectivity index (χ1n) is 11.3. The van der Waals surface area contributed by atoms with Crippen molar-refractivity contribution < 1.29 is 33.4 Å². The highest BCUT2D eigenvalue weighted by Gasteiger charge is 2.55. The van der Waals surface area contributed by atoms with Gasteiger partial charge in [0, 0.05) is 11.5 Å². The van der Waals surface area contributed by atoms with Crippen molar-refractivity contribution in [3.8, 4) is 0 Å². The van der Waals surface area contributed by atoms with Crippen LogP contribution in [0.1, 0.15) is 50.7 Å². The van der Waals surface area contributed by atoms with Crippen LogP contribution >= 0.6 is 0 Å². The summed E-state index contributed by atoms with van der Waals surface area (Å²) in [5, 5.41) is 2.69. The first-order valence-corrected chi connectivity index (χ1v) is 11.3. The van der Waals surface area contributed by atoms with Gasteiger partial charge >= 0.3 is 17.9 Å². The van der Waals surface area contributed by atoms with Crippen LogP contribution in [0.15, 0.2) is 60.7 Å². The molecule has 1 saturated carbocycles. The van der Waals surface area contributed by atoms with Gasteiger partial charge < -0.3 is 19.5 Å². The molecule has 1 N–H and O–H groups in total. The Labute approximate surface area is 203 Å². The van der Waals surface area contributed by atoms with E-state index in [0.717, 1.165) is 17.6 Å². The first kappa shape index (κ1) is 24.2. The molecule has 2 aliphatic rings. The zero-order chi connectivity index (χ0) is 25.2. The van der Waals surface area contributed by atoms with Crippen molar-refractivity contribution in [2.75, 3.05) is 20.8 Å². The molecule has 3 unspecified atom stereocenters. The summed E-state index contributed by atoms with van der Waals surface area (Å²) in [5.74, 6) is -1.66. The van der Waals surface area contributed by atoms with Crippen molar-refractivity contribution in [3.05, 3.63) is 82.9 Å². The number of ether oxygens (including phenoxy) is 3. The lowest BCUT2D eigenvalue weighted by molar-refractivity contribution is -0.146. The number of amides is 1. The standard InChI is InChI=1S/C27H27NO7/c1-16-12-21-15-35-26(32)27(21,13-16)14-17-4-6-19(7-5-17)23(29)28-22(25(31)34-3)18-8-10-20(11-9-18)24(30)33-2/h4-11,21-22H,1,12-15H2,2-3H3,(H,28,29). The van der Waals surface area contributed by atoms with Crippen LogP contribution < -0.4 is 5.32 Å². The number of carbonyl (C=O) groups is 4. The predicted octanol–water partition coefficient (Wildman–Crippen LogP) is 3.17. The van der Waals surface area contributed by atoms with Gasteiger partial charge in [0.15, 0.2) is 6.04 Å². The molecule has 8 heteroatoms. The number of methoxy groups -OCH3 is 2. The number of allylic oxidation sites excluding steroid dienone is 1. The van der Waals surface area contributed by atoms with Gasteiger partial charge in [-0.3, -0.25) is 9.59 Å². The van der Waals surface area contributed by atoms with Crippen LogP contribution in [0.3, 0.4) is 0 Å². The van der Waals surface area contributed by atoms with Crippen molar-refractivity contribution in [2.24, 2.45) is 11.3 Å². The van der Waals surface area contributed by atoms with E-state index >= 15 is 0 Å². The topological polar surface area (TPSA) is 108 Å². The Morgan fingerprint density at radius 3 is 2.34 bits per heavy atom. The average Bonchev–Trinajstić information content (AvgIpc) is 3.35. The Morgan fingerprint density at radius 2 is 1.71 bits per heavy atom. The van der Waals surface area contributed by atoms with Gasteiger partial charge in [-0.2, -0.15) is 0 Å². The number of esters is 3. The molecular weight excluding hydrogens is 450 g/mol. The molecule has 2 aromatic carbocycles. The largest absolute Gasteiger partial charge is 0.467 e. The second-order valence-electron chi connectivity index (χ2n) is 9.00. The molecule has 182 valence electrons. The van der Waals surface area contributed by atoms with Crippen LogP contribution in [0, 0.1) is 11.3 Å². The molecule has 0 bridgehead atoms. The summed E-state index contributed by atoms with van der Waals surface area (Å²) in [7, 11) is 2.51. The average molecular weight is 478 g/mol. The summed E-state index contributed by atoms with van der Waals surface area (Å²) < 4.78 is 14.9. The Bertz CT molecular complexity index is 1170. The summed E-state index contributed by atoms with van der Waals surface area (Å²) >= 11 is 0. The van der Waals surface area contributed by atoms with E-state index in [0.29, 0.717) is 36.1 Å². The fourth-order valence-corrected chi connectivity index (χ4v) is 4.94. The normalized spacial score (nSPS) is 21.6. The van der Waals surface area contributed by atoms with Crippen molar-refractivity contribution in [1.29, 1.82) is 0 Å². The van der Waals surface area contributed by atoms with Crippen molar-refractivity contribution in [3.63, 3.8) is 0 Å². The van der Waals surface area contributed by atoms with Crippen LogP contribution in [-0.2, 0) is 30.2 Å². The minimum absolute atomic E-state index is 0.136. The van der Waals surface area contributed by atoms with Crippen LogP contribution in [0.25, 0.3) is 0 Å². The number of rotatable bonds is 7. The smallest absolute Gasteiger partial charge is 0.337 e. The summed E-state index contributed by atoms with van der Waals surface area (Å²) in [4.78, 5) is 49.5. The molecule has 8 nitrogen and oxygen atoms in total. The lowest BCUT2D eigenvalue weighted by Crippen LogP contribution is -2.34. The maximum atomic E-state index is 12.9. The third-order valence-electron chi connectivity index (χ3n) is 6.82. The number of fused-ring (bicyclic) bond motifs is 1. The molecule has 1 heterocycles. The summed E-state index contributed by atoms with van der Waals surface area (Å²) in [5.41, 5.74) is 2.54. The molecule has 4 rings (SSSR count). The highest BCUT2D eigenvalue weighted by Crippen LogP contribution is 2.52. The monoisotopic (exact) mass is 477 g/mol. The lowest BCUT2D eigenvalue weighted by atomic mass is 9.75. The minimum atomic E-state index is -1.06. The number of nitrogens with one attached hydrogen (secondary N) is 1. The second-order valence-corrected chi connectivity index (χ2v) is 9.00. The van der Waals surface area contributed by atoms with Crippen molar-refractivity contribution >= 4 is 23.8 Å². The second kappa shape index (κ2) is 9.74. The summed E-state index contributed by atoms with van der Waals surface area (Å²) in [6, 6.07) is 12.0. The van der Waals surface area contributed by atoms with Crippen LogP contribution in [0.5, 0.6) is 0 Å². The van der Waals surface area contributed by atoms with E-state index in [4.69, 9.17) is 9.47 Å². The van der Waals surface area contributed by atoms with Crippen LogP contribution in [0.2, 0.25) is 0 Å². The zero-order valence-electron chi connectivity index (χ0n) is 19.7. The summed E-state index contributed by atoms with van der Waals surface area (Å²) in [6.07, 6.45) is 1.94. The highest BCUT2D eigenvalue weighted by atomic mass is 16.5. The Hall–Kier alpha value is -3.94. The van der Waals surface area contributed by atoms with Gasteiger partial charge in [-0.1, -0.05) is 36.4 Å². The van der Waals surface area contributed by atoms with E-state index in [2.05, 4.69) is 16.6 Å². The summed E-state index contributed by atoms with van der Waals surface area (Å²) in [6.45, 7) is 4.49. The minimum Gasteiger partial charge on any atom is -0.467 e. The fraction of sp³-hybridized carbons (Fsp3) is 0.333. The third-order valence-corrected chi connectivity index (χ3v) is 6.82. The van der Waals surface area contributed by atoms with E-state index in [-0.39, 0.29) is 11.9 Å². The molecule has 0 radical (unpaired) electrons. The van der Waals surface area contributed by atoms with Gasteiger partial charge in [-0.05, 0) is 54.7 Å². The highest BCUT2D eigenvalue weighted by molar-refractivity contribution is 5.97. The quantitative estimate of drug-likeness (QED) is 0.371. The fourth-order valence-electron chi connectivity index (χ4n) is 4.94. The van der Waals surface area contributed by atoms with Gasteiger partial charge in [0.05, 0.1) is 31.8 Å². The molecule has 2 fully saturated rings. The Kier molecular flexibility index (Phi) is 6.73. The third kappa shape index (κ3) is 4.69. The zero-order valence-corrected chi connectivity index (χ0v) is 19.7. The van der Waals surface area contributed by atoms with E-state index in [1.54, 1.807) is 24.3 Å². The molecule has 1 saturated heterocycles. The maximum absolute atomic E-state index is 12.9. The van der Waals surface area contributed by atoms with Crippen molar-refractivity contribution in [2.45, 2.75) is 25.3 Å². The number of benzene rings is 2. The predicted molar refractivity (Wildman–Crippen MR) is 125 cm³/mol. The van der Waals surface area contributed by atoms with Gasteiger partial charge in [0.25, 0.3) is 5.91 Å². The van der Waals surface area contributed by atoms with Gasteiger partial charge in [0.1, 0.15) is 0 Å².